The fourth-order valence-electron chi connectivity index (χ4n) is 2.32. The van der Waals surface area contributed by atoms with Crippen LogP contribution in [0.2, 0.25) is 0 Å². The first kappa shape index (κ1) is 17.7. The van der Waals surface area contributed by atoms with Crippen molar-refractivity contribution in [1.82, 2.24) is 9.62 Å². The van der Waals surface area contributed by atoms with Crippen molar-refractivity contribution in [2.24, 2.45) is 0 Å². The van der Waals surface area contributed by atoms with Crippen LogP contribution in [0.5, 0.6) is 0 Å². The Labute approximate surface area is 141 Å². The van der Waals surface area contributed by atoms with E-state index in [-0.39, 0.29) is 22.7 Å². The Balaban J connectivity index is 2.00. The van der Waals surface area contributed by atoms with E-state index in [1.54, 1.807) is 22.4 Å². The molecule has 0 saturated carbocycles. The van der Waals surface area contributed by atoms with E-state index >= 15 is 0 Å². The highest BCUT2D eigenvalue weighted by atomic mass is 32.2. The summed E-state index contributed by atoms with van der Waals surface area (Å²) in [7, 11) is -3.50. The Morgan fingerprint density at radius 3 is 2.48 bits per heavy atom. The summed E-state index contributed by atoms with van der Waals surface area (Å²) in [5, 5.41) is 1.72. The molecule has 0 bridgehead atoms. The van der Waals surface area contributed by atoms with Gasteiger partial charge in [0, 0.05) is 20.0 Å². The molecule has 0 aliphatic carbocycles. The number of rotatable bonds is 7. The van der Waals surface area contributed by atoms with Gasteiger partial charge in [-0.1, -0.05) is 36.4 Å². The molecule has 0 aliphatic rings. The summed E-state index contributed by atoms with van der Waals surface area (Å²) in [5.74, 6) is -0.0864. The van der Waals surface area contributed by atoms with Crippen molar-refractivity contribution in [2.75, 3.05) is 13.1 Å². The number of nitrogens with one attached hydrogen (secondary N) is 1. The van der Waals surface area contributed by atoms with Crippen LogP contribution in [0.4, 0.5) is 0 Å². The SMILES string of the molecule is CC(=O)N(CCNS(=O)(=O)c1cccs1)C(C)c1ccccc1. The number of sulfonamides is 1. The van der Waals surface area contributed by atoms with Gasteiger partial charge in [-0.2, -0.15) is 0 Å². The standard InChI is InChI=1S/C16H20N2O3S2/c1-13(15-7-4-3-5-8-15)18(14(2)19)11-10-17-23(20,21)16-9-6-12-22-16/h3-9,12-13,17H,10-11H2,1-2H3. The maximum absolute atomic E-state index is 12.1. The molecule has 2 rings (SSSR count). The lowest BCUT2D eigenvalue weighted by atomic mass is 10.1. The third-order valence-electron chi connectivity index (χ3n) is 3.56. The normalized spacial score (nSPS) is 12.8. The van der Waals surface area contributed by atoms with Crippen molar-refractivity contribution in [3.05, 3.63) is 53.4 Å². The summed E-state index contributed by atoms with van der Waals surface area (Å²) in [6.45, 7) is 3.92. The average Bonchev–Trinajstić information content (AvgIpc) is 3.07. The van der Waals surface area contributed by atoms with Crippen LogP contribution in [-0.4, -0.2) is 32.3 Å². The quantitative estimate of drug-likeness (QED) is 0.833. The van der Waals surface area contributed by atoms with Gasteiger partial charge in [0.25, 0.3) is 0 Å². The Kier molecular flexibility index (Phi) is 5.92. The first-order valence-corrected chi connectivity index (χ1v) is 9.63. The van der Waals surface area contributed by atoms with Crippen LogP contribution in [0.1, 0.15) is 25.5 Å². The predicted molar refractivity (Wildman–Crippen MR) is 91.8 cm³/mol. The first-order chi connectivity index (χ1) is 10.9. The second-order valence-corrected chi connectivity index (χ2v) is 8.07. The molecule has 1 aromatic heterocycles. The molecule has 23 heavy (non-hydrogen) atoms. The lowest BCUT2D eigenvalue weighted by Crippen LogP contribution is -2.38. The molecule has 1 heterocycles. The van der Waals surface area contributed by atoms with E-state index < -0.39 is 10.0 Å². The Hall–Kier alpha value is -1.70. The molecule has 1 N–H and O–H groups in total. The fourth-order valence-corrected chi connectivity index (χ4v) is 4.38. The second kappa shape index (κ2) is 7.72. The van der Waals surface area contributed by atoms with Gasteiger partial charge in [-0.05, 0) is 23.9 Å². The van der Waals surface area contributed by atoms with Crippen LogP contribution in [-0.2, 0) is 14.8 Å². The molecule has 5 nitrogen and oxygen atoms in total. The minimum atomic E-state index is -3.50. The second-order valence-electron chi connectivity index (χ2n) is 5.13. The third-order valence-corrected chi connectivity index (χ3v) is 6.42. The van der Waals surface area contributed by atoms with Crippen molar-refractivity contribution in [3.63, 3.8) is 0 Å². The highest BCUT2D eigenvalue weighted by Gasteiger charge is 2.20. The summed E-state index contributed by atoms with van der Waals surface area (Å²) >= 11 is 1.17. The van der Waals surface area contributed by atoms with Gasteiger partial charge in [0.15, 0.2) is 0 Å². The number of amides is 1. The molecular formula is C16H20N2O3S2. The number of thiophene rings is 1. The van der Waals surface area contributed by atoms with Crippen LogP contribution in [0, 0.1) is 0 Å². The van der Waals surface area contributed by atoms with Crippen LogP contribution >= 0.6 is 11.3 Å². The maximum atomic E-state index is 12.1. The largest absolute Gasteiger partial charge is 0.335 e. The number of nitrogens with zero attached hydrogens (tertiary/aromatic N) is 1. The molecule has 1 unspecified atom stereocenters. The Bertz CT molecular complexity index is 728. The summed E-state index contributed by atoms with van der Waals surface area (Å²) in [5.41, 5.74) is 1.02. The molecule has 1 amide bonds. The van der Waals surface area contributed by atoms with E-state index in [1.807, 2.05) is 37.3 Å². The van der Waals surface area contributed by atoms with Gasteiger partial charge in [0.05, 0.1) is 6.04 Å². The molecule has 0 radical (unpaired) electrons. The van der Waals surface area contributed by atoms with Gasteiger partial charge in [0.2, 0.25) is 15.9 Å². The molecule has 0 spiro atoms. The van der Waals surface area contributed by atoms with Crippen molar-refractivity contribution >= 4 is 27.3 Å². The Morgan fingerprint density at radius 1 is 1.22 bits per heavy atom. The highest BCUT2D eigenvalue weighted by Crippen LogP contribution is 2.20. The summed E-state index contributed by atoms with van der Waals surface area (Å²) in [6.07, 6.45) is 0. The van der Waals surface area contributed by atoms with E-state index in [1.165, 1.54) is 18.3 Å². The van der Waals surface area contributed by atoms with Crippen molar-refractivity contribution < 1.29 is 13.2 Å². The van der Waals surface area contributed by atoms with Crippen LogP contribution in [0.3, 0.4) is 0 Å². The van der Waals surface area contributed by atoms with Crippen molar-refractivity contribution in [2.45, 2.75) is 24.1 Å². The van der Waals surface area contributed by atoms with Crippen molar-refractivity contribution in [3.8, 4) is 0 Å². The molecule has 1 aromatic carbocycles. The molecule has 7 heteroatoms. The minimum absolute atomic E-state index is 0.0864. The average molecular weight is 352 g/mol. The van der Waals surface area contributed by atoms with E-state index in [9.17, 15) is 13.2 Å². The molecule has 0 aliphatic heterocycles. The summed E-state index contributed by atoms with van der Waals surface area (Å²) in [4.78, 5) is 13.6. The van der Waals surface area contributed by atoms with Gasteiger partial charge in [0.1, 0.15) is 4.21 Å². The number of carbonyl (C=O) groups is 1. The van der Waals surface area contributed by atoms with E-state index in [4.69, 9.17) is 0 Å². The van der Waals surface area contributed by atoms with Crippen LogP contribution < -0.4 is 4.72 Å². The number of hydrogen-bond donors (Lipinski definition) is 1. The minimum Gasteiger partial charge on any atom is -0.335 e. The van der Waals surface area contributed by atoms with Gasteiger partial charge in [-0.3, -0.25) is 4.79 Å². The lowest BCUT2D eigenvalue weighted by Gasteiger charge is -2.28. The monoisotopic (exact) mass is 352 g/mol. The highest BCUT2D eigenvalue weighted by molar-refractivity contribution is 7.91. The first-order valence-electron chi connectivity index (χ1n) is 7.27. The zero-order valence-electron chi connectivity index (χ0n) is 13.1. The number of carbonyl (C=O) groups excluding carboxylic acids is 1. The van der Waals surface area contributed by atoms with Crippen LogP contribution in [0.15, 0.2) is 52.1 Å². The van der Waals surface area contributed by atoms with Gasteiger partial charge >= 0.3 is 0 Å². The van der Waals surface area contributed by atoms with Crippen molar-refractivity contribution in [1.29, 1.82) is 0 Å². The smallest absolute Gasteiger partial charge is 0.250 e. The topological polar surface area (TPSA) is 66.5 Å². The molecule has 1 atom stereocenters. The summed E-state index contributed by atoms with van der Waals surface area (Å²) < 4.78 is 27.0. The van der Waals surface area contributed by atoms with Crippen LogP contribution in [0.25, 0.3) is 0 Å². The van der Waals surface area contributed by atoms with E-state index in [0.717, 1.165) is 5.56 Å². The van der Waals surface area contributed by atoms with Gasteiger partial charge in [-0.15, -0.1) is 11.3 Å². The summed E-state index contributed by atoms with van der Waals surface area (Å²) in [6, 6.07) is 12.8. The molecular weight excluding hydrogens is 332 g/mol. The fraction of sp³-hybridized carbons (Fsp3) is 0.312. The predicted octanol–water partition coefficient (Wildman–Crippen LogP) is 2.64. The lowest BCUT2D eigenvalue weighted by molar-refractivity contribution is -0.130. The molecule has 2 aromatic rings. The third kappa shape index (κ3) is 4.63. The number of hydrogen-bond acceptors (Lipinski definition) is 4. The van der Waals surface area contributed by atoms with E-state index in [0.29, 0.717) is 6.54 Å². The molecule has 124 valence electrons. The van der Waals surface area contributed by atoms with Gasteiger partial charge in [-0.25, -0.2) is 13.1 Å². The molecule has 0 fully saturated rings. The molecule has 0 saturated heterocycles. The maximum Gasteiger partial charge on any atom is 0.250 e. The zero-order valence-corrected chi connectivity index (χ0v) is 14.7. The number of benzene rings is 1. The Morgan fingerprint density at radius 2 is 1.91 bits per heavy atom. The van der Waals surface area contributed by atoms with Gasteiger partial charge < -0.3 is 4.90 Å². The van der Waals surface area contributed by atoms with E-state index in [2.05, 4.69) is 4.72 Å². The zero-order chi connectivity index (χ0) is 16.9.